The Bertz CT molecular complexity index is 675. The second-order valence-electron chi connectivity index (χ2n) is 7.30. The van der Waals surface area contributed by atoms with Crippen LogP contribution in [0, 0.1) is 17.3 Å². The quantitative estimate of drug-likeness (QED) is 0.687. The van der Waals surface area contributed by atoms with E-state index in [4.69, 9.17) is 14.2 Å². The molecule has 5 heteroatoms. The van der Waals surface area contributed by atoms with Crippen molar-refractivity contribution in [1.82, 2.24) is 0 Å². The molecule has 6 unspecified atom stereocenters. The third-order valence-electron chi connectivity index (χ3n) is 6.39. The fourth-order valence-electron chi connectivity index (χ4n) is 5.46. The fraction of sp³-hybridized carbons (Fsp3) is 0.647. The Morgan fingerprint density at radius 3 is 2.86 bits per heavy atom. The maximum atomic E-state index is 12.6. The van der Waals surface area contributed by atoms with E-state index in [1.54, 1.807) is 0 Å². The predicted octanol–water partition coefficient (Wildman–Crippen LogP) is 1.52. The molecule has 1 saturated carbocycles. The second kappa shape index (κ2) is 3.89. The maximum absolute atomic E-state index is 12.6. The summed E-state index contributed by atoms with van der Waals surface area (Å²) in [5.41, 5.74) is 1.03. The van der Waals surface area contributed by atoms with E-state index in [-0.39, 0.29) is 47.2 Å². The van der Waals surface area contributed by atoms with Crippen LogP contribution in [0.15, 0.2) is 23.0 Å². The molecule has 3 heterocycles. The van der Waals surface area contributed by atoms with Crippen molar-refractivity contribution in [3.8, 4) is 0 Å². The van der Waals surface area contributed by atoms with Gasteiger partial charge in [0.25, 0.3) is 0 Å². The Morgan fingerprint density at radius 1 is 1.27 bits per heavy atom. The van der Waals surface area contributed by atoms with Gasteiger partial charge in [-0.25, -0.2) is 0 Å². The van der Waals surface area contributed by atoms with E-state index in [2.05, 4.69) is 6.92 Å². The Morgan fingerprint density at radius 2 is 2.09 bits per heavy atom. The van der Waals surface area contributed by atoms with Gasteiger partial charge in [-0.2, -0.15) is 0 Å². The summed E-state index contributed by atoms with van der Waals surface area (Å²) in [6.07, 6.45) is 3.63. The highest BCUT2D eigenvalue weighted by Crippen LogP contribution is 2.64. The molecule has 0 spiro atoms. The molecule has 3 aliphatic carbocycles. The molecule has 0 aromatic heterocycles. The lowest BCUT2D eigenvalue weighted by atomic mass is 9.52. The zero-order valence-electron chi connectivity index (χ0n) is 12.6. The molecule has 5 nitrogen and oxygen atoms in total. The minimum atomic E-state index is -0.292. The van der Waals surface area contributed by atoms with Gasteiger partial charge in [0.1, 0.15) is 0 Å². The molecule has 3 aliphatic heterocycles. The number of hydrogen-bond acceptors (Lipinski definition) is 5. The standard InChI is InChI=1S/C17H18O5/c1-17-6-8-12(9(18)5-10(20-2)14(8)19)15-13(17)7-3-4-11(17)21-16(7)22-15/h5,7,11,13,15-16H,3-4,6H2,1-2H3. The summed E-state index contributed by atoms with van der Waals surface area (Å²) in [5.74, 6) is 0.487. The van der Waals surface area contributed by atoms with Crippen LogP contribution in [-0.2, 0) is 23.8 Å². The molecule has 0 aromatic carbocycles. The first-order chi connectivity index (χ1) is 10.5. The number of ether oxygens (including phenoxy) is 3. The van der Waals surface area contributed by atoms with Crippen LogP contribution in [0.4, 0.5) is 0 Å². The van der Waals surface area contributed by atoms with Gasteiger partial charge in [-0.05, 0) is 19.3 Å². The smallest absolute Gasteiger partial charge is 0.224 e. The summed E-state index contributed by atoms with van der Waals surface area (Å²) in [5, 5.41) is 0. The average Bonchev–Trinajstić information content (AvgIpc) is 2.86. The topological polar surface area (TPSA) is 61.8 Å². The lowest BCUT2D eigenvalue weighted by Gasteiger charge is -2.55. The molecule has 116 valence electrons. The normalized spacial score (nSPS) is 48.5. The van der Waals surface area contributed by atoms with E-state index in [0.717, 1.165) is 12.8 Å². The molecule has 4 fully saturated rings. The van der Waals surface area contributed by atoms with Crippen LogP contribution in [0.3, 0.4) is 0 Å². The highest BCUT2D eigenvalue weighted by Gasteiger charge is 2.67. The van der Waals surface area contributed by atoms with E-state index in [1.165, 1.54) is 13.2 Å². The number of carbonyl (C=O) groups is 2. The van der Waals surface area contributed by atoms with Crippen molar-refractivity contribution < 1.29 is 23.8 Å². The van der Waals surface area contributed by atoms with Gasteiger partial charge in [0.15, 0.2) is 17.8 Å². The monoisotopic (exact) mass is 302 g/mol. The Kier molecular flexibility index (Phi) is 2.30. The molecular weight excluding hydrogens is 284 g/mol. The van der Waals surface area contributed by atoms with Gasteiger partial charge in [0.2, 0.25) is 5.78 Å². The van der Waals surface area contributed by atoms with Crippen LogP contribution >= 0.6 is 0 Å². The summed E-state index contributed by atoms with van der Waals surface area (Å²) < 4.78 is 17.3. The summed E-state index contributed by atoms with van der Waals surface area (Å²) in [6.45, 7) is 2.19. The molecule has 0 N–H and O–H groups in total. The summed E-state index contributed by atoms with van der Waals surface area (Å²) >= 11 is 0. The largest absolute Gasteiger partial charge is 0.493 e. The van der Waals surface area contributed by atoms with Gasteiger partial charge in [-0.3, -0.25) is 9.59 Å². The van der Waals surface area contributed by atoms with Gasteiger partial charge >= 0.3 is 0 Å². The number of carbonyl (C=O) groups excluding carboxylic acids is 2. The highest BCUT2D eigenvalue weighted by atomic mass is 16.7. The Labute approximate surface area is 128 Å². The molecular formula is C17H18O5. The van der Waals surface area contributed by atoms with Crippen molar-refractivity contribution in [2.75, 3.05) is 7.11 Å². The van der Waals surface area contributed by atoms with Gasteiger partial charge < -0.3 is 14.2 Å². The first kappa shape index (κ1) is 13.0. The molecule has 22 heavy (non-hydrogen) atoms. The van der Waals surface area contributed by atoms with Crippen molar-refractivity contribution in [1.29, 1.82) is 0 Å². The lowest BCUT2D eigenvalue weighted by molar-refractivity contribution is -0.243. The molecule has 4 bridgehead atoms. The minimum absolute atomic E-state index is 0.117. The van der Waals surface area contributed by atoms with Crippen LogP contribution in [0.2, 0.25) is 0 Å². The van der Waals surface area contributed by atoms with Crippen molar-refractivity contribution in [3.63, 3.8) is 0 Å². The van der Waals surface area contributed by atoms with E-state index in [1.807, 2.05) is 0 Å². The van der Waals surface area contributed by atoms with E-state index >= 15 is 0 Å². The first-order valence-corrected chi connectivity index (χ1v) is 7.93. The van der Waals surface area contributed by atoms with Crippen molar-refractivity contribution in [2.24, 2.45) is 17.3 Å². The van der Waals surface area contributed by atoms with Crippen LogP contribution in [-0.4, -0.2) is 37.2 Å². The van der Waals surface area contributed by atoms with E-state index in [9.17, 15) is 9.59 Å². The van der Waals surface area contributed by atoms with Crippen molar-refractivity contribution in [2.45, 2.75) is 44.7 Å². The molecule has 0 radical (unpaired) electrons. The number of ketones is 2. The van der Waals surface area contributed by atoms with Crippen LogP contribution in [0.25, 0.3) is 0 Å². The number of allylic oxidation sites excluding steroid dienone is 2. The van der Waals surface area contributed by atoms with Crippen molar-refractivity contribution in [3.05, 3.63) is 23.0 Å². The summed E-state index contributed by atoms with van der Waals surface area (Å²) in [6, 6.07) is 0. The van der Waals surface area contributed by atoms with E-state index < -0.39 is 0 Å². The number of rotatable bonds is 1. The Balaban J connectivity index is 1.68. The highest BCUT2D eigenvalue weighted by molar-refractivity contribution is 6.22. The van der Waals surface area contributed by atoms with Crippen LogP contribution in [0.5, 0.6) is 0 Å². The summed E-state index contributed by atoms with van der Waals surface area (Å²) in [7, 11) is 1.43. The van der Waals surface area contributed by atoms with Gasteiger partial charge in [0, 0.05) is 34.5 Å². The maximum Gasteiger partial charge on any atom is 0.224 e. The molecule has 3 saturated heterocycles. The number of fused-ring (bicyclic) bond motifs is 2. The van der Waals surface area contributed by atoms with Gasteiger partial charge in [0.05, 0.1) is 19.3 Å². The third-order valence-corrected chi connectivity index (χ3v) is 6.39. The fourth-order valence-corrected chi connectivity index (χ4v) is 5.46. The first-order valence-electron chi connectivity index (χ1n) is 7.93. The third kappa shape index (κ3) is 1.29. The second-order valence-corrected chi connectivity index (χ2v) is 7.30. The average molecular weight is 302 g/mol. The molecule has 0 amide bonds. The number of methoxy groups -OCH3 is 1. The van der Waals surface area contributed by atoms with Crippen LogP contribution in [0.1, 0.15) is 26.2 Å². The SMILES string of the molecule is COC1=CC(=O)C2=C(CC3(C)C4CCC5C(OC2C53)O4)C1=O. The lowest BCUT2D eigenvalue weighted by Crippen LogP contribution is -2.58. The van der Waals surface area contributed by atoms with Gasteiger partial charge in [-0.15, -0.1) is 0 Å². The Hall–Kier alpha value is -1.46. The molecule has 6 rings (SSSR count). The number of hydrogen-bond donors (Lipinski definition) is 0. The number of Topliss-reactive ketones (excluding diaryl/α,β-unsaturated/α-hetero) is 1. The molecule has 0 aromatic rings. The zero-order valence-corrected chi connectivity index (χ0v) is 12.6. The minimum Gasteiger partial charge on any atom is -0.493 e. The van der Waals surface area contributed by atoms with E-state index in [0.29, 0.717) is 23.5 Å². The zero-order chi connectivity index (χ0) is 15.2. The molecule has 6 aliphatic rings. The predicted molar refractivity (Wildman–Crippen MR) is 74.6 cm³/mol. The van der Waals surface area contributed by atoms with Gasteiger partial charge in [-0.1, -0.05) is 6.92 Å². The van der Waals surface area contributed by atoms with Crippen molar-refractivity contribution >= 4 is 11.6 Å². The summed E-state index contributed by atoms with van der Waals surface area (Å²) in [4.78, 5) is 25.2. The van der Waals surface area contributed by atoms with Crippen LogP contribution < -0.4 is 0 Å². The molecule has 6 atom stereocenters.